The number of para-hydroxylation sites is 2. The normalized spacial score (nSPS) is 14.2. The topological polar surface area (TPSA) is 41.3 Å². The van der Waals surface area contributed by atoms with Gasteiger partial charge in [-0.25, -0.2) is 4.98 Å². The number of aromatic nitrogens is 1. The lowest BCUT2D eigenvalue weighted by molar-refractivity contribution is 0.540. The number of nitrogens with zero attached hydrogens (tertiary/aromatic N) is 2. The second-order valence-electron chi connectivity index (χ2n) is 5.72. The van der Waals surface area contributed by atoms with Gasteiger partial charge in [0.25, 0.3) is 0 Å². The largest absolute Gasteiger partial charge is 0.440 e. The molecule has 4 nitrogen and oxygen atoms in total. The summed E-state index contributed by atoms with van der Waals surface area (Å²) in [4.78, 5) is 8.20. The highest BCUT2D eigenvalue weighted by atomic mass is 32.1. The Labute approximate surface area is 139 Å². The quantitative estimate of drug-likeness (QED) is 0.768. The molecule has 5 heteroatoms. The summed E-state index contributed by atoms with van der Waals surface area (Å²) in [5.41, 5.74) is 3.46. The zero-order valence-corrected chi connectivity index (χ0v) is 13.9. The van der Waals surface area contributed by atoms with Crippen LogP contribution in [0.5, 0.6) is 0 Å². The van der Waals surface area contributed by atoms with E-state index in [2.05, 4.69) is 34.5 Å². The highest BCUT2D eigenvalue weighted by Crippen LogP contribution is 2.31. The summed E-state index contributed by atoms with van der Waals surface area (Å²) in [5, 5.41) is 5.55. The molecule has 0 saturated carbocycles. The van der Waals surface area contributed by atoms with E-state index in [1.807, 2.05) is 24.4 Å². The number of nitrogens with one attached hydrogen (secondary N) is 1. The molecule has 2 aromatic heterocycles. The van der Waals surface area contributed by atoms with Gasteiger partial charge >= 0.3 is 0 Å². The maximum atomic E-state index is 5.88. The molecule has 1 aliphatic rings. The number of benzene rings is 1. The molecule has 0 spiro atoms. The highest BCUT2D eigenvalue weighted by Gasteiger charge is 2.19. The molecule has 23 heavy (non-hydrogen) atoms. The van der Waals surface area contributed by atoms with Gasteiger partial charge in [-0.2, -0.15) is 0 Å². The van der Waals surface area contributed by atoms with Crippen LogP contribution in [0.4, 0.5) is 11.4 Å². The van der Waals surface area contributed by atoms with Crippen LogP contribution < -0.4 is 10.2 Å². The third-order valence-corrected chi connectivity index (χ3v) is 4.99. The predicted molar refractivity (Wildman–Crippen MR) is 95.2 cm³/mol. The lowest BCUT2D eigenvalue weighted by atomic mass is 10.2. The summed E-state index contributed by atoms with van der Waals surface area (Å²) in [6, 6.07) is 12.5. The van der Waals surface area contributed by atoms with Crippen molar-refractivity contribution in [2.75, 3.05) is 23.3 Å². The highest BCUT2D eigenvalue weighted by molar-refractivity contribution is 7.13. The fourth-order valence-corrected chi connectivity index (χ4v) is 3.59. The molecule has 0 bridgehead atoms. The van der Waals surface area contributed by atoms with Crippen molar-refractivity contribution in [1.82, 2.24) is 4.98 Å². The van der Waals surface area contributed by atoms with Crippen molar-refractivity contribution >= 4 is 22.7 Å². The van der Waals surface area contributed by atoms with Crippen molar-refractivity contribution in [3.63, 3.8) is 0 Å². The van der Waals surface area contributed by atoms with Gasteiger partial charge in [0.1, 0.15) is 11.5 Å². The minimum atomic E-state index is 0.730. The number of thiophene rings is 1. The zero-order chi connectivity index (χ0) is 15.6. The Morgan fingerprint density at radius 3 is 3.04 bits per heavy atom. The maximum absolute atomic E-state index is 5.88. The van der Waals surface area contributed by atoms with E-state index in [9.17, 15) is 0 Å². The lowest BCUT2D eigenvalue weighted by Crippen LogP contribution is -2.23. The van der Waals surface area contributed by atoms with Gasteiger partial charge in [0.15, 0.2) is 0 Å². The van der Waals surface area contributed by atoms with Gasteiger partial charge in [-0.1, -0.05) is 18.2 Å². The molecule has 0 fully saturated rings. The minimum Gasteiger partial charge on any atom is -0.440 e. The molecule has 0 atom stereocenters. The van der Waals surface area contributed by atoms with Crippen LogP contribution in [0.15, 0.2) is 46.2 Å². The van der Waals surface area contributed by atoms with Crippen LogP contribution in [-0.4, -0.2) is 18.1 Å². The van der Waals surface area contributed by atoms with Crippen LogP contribution in [-0.2, 0) is 6.54 Å². The zero-order valence-electron chi connectivity index (χ0n) is 13.1. The SMILES string of the molecule is Cc1oc(-c2cccs2)nc1CN1CCCNc2ccccc21. The van der Waals surface area contributed by atoms with Crippen molar-refractivity contribution in [2.45, 2.75) is 19.9 Å². The van der Waals surface area contributed by atoms with Crippen LogP contribution in [0, 0.1) is 6.92 Å². The second kappa shape index (κ2) is 6.08. The first-order valence-corrected chi connectivity index (χ1v) is 8.77. The Morgan fingerprint density at radius 2 is 2.17 bits per heavy atom. The van der Waals surface area contributed by atoms with E-state index in [1.165, 1.54) is 11.4 Å². The lowest BCUT2D eigenvalue weighted by Gasteiger charge is -2.23. The van der Waals surface area contributed by atoms with Gasteiger partial charge in [-0.15, -0.1) is 11.3 Å². The minimum absolute atomic E-state index is 0.730. The molecule has 0 unspecified atom stereocenters. The summed E-state index contributed by atoms with van der Waals surface area (Å²) < 4.78 is 5.88. The first-order chi connectivity index (χ1) is 11.3. The molecule has 0 saturated heterocycles. The van der Waals surface area contributed by atoms with Gasteiger partial charge < -0.3 is 14.6 Å². The Bertz CT molecular complexity index is 794. The van der Waals surface area contributed by atoms with Crippen molar-refractivity contribution in [3.05, 3.63) is 53.2 Å². The van der Waals surface area contributed by atoms with E-state index < -0.39 is 0 Å². The van der Waals surface area contributed by atoms with Crippen LogP contribution in [0.3, 0.4) is 0 Å². The van der Waals surface area contributed by atoms with Gasteiger partial charge in [-0.05, 0) is 36.9 Å². The first kappa shape index (κ1) is 14.3. The molecule has 0 amide bonds. The van der Waals surface area contributed by atoms with Crippen molar-refractivity contribution in [2.24, 2.45) is 0 Å². The standard InChI is InChI=1S/C18H19N3OS/c1-13-15(20-18(22-13)17-8-4-11-23-17)12-21-10-5-9-19-14-6-2-3-7-16(14)21/h2-4,6-8,11,19H,5,9-10,12H2,1H3. The average Bonchev–Trinajstić information content (AvgIpc) is 3.16. The molecule has 1 aromatic carbocycles. The Hall–Kier alpha value is -2.27. The fourth-order valence-electron chi connectivity index (χ4n) is 2.94. The average molecular weight is 325 g/mol. The van der Waals surface area contributed by atoms with Gasteiger partial charge in [0.2, 0.25) is 5.89 Å². The third kappa shape index (κ3) is 2.84. The van der Waals surface area contributed by atoms with Crippen molar-refractivity contribution in [3.8, 4) is 10.8 Å². The summed E-state index contributed by atoms with van der Waals surface area (Å²) in [6.07, 6.45) is 1.11. The van der Waals surface area contributed by atoms with Crippen LogP contribution in [0.2, 0.25) is 0 Å². The molecule has 4 rings (SSSR count). The number of fused-ring (bicyclic) bond motifs is 1. The van der Waals surface area contributed by atoms with Crippen molar-refractivity contribution in [1.29, 1.82) is 0 Å². The second-order valence-corrected chi connectivity index (χ2v) is 6.67. The van der Waals surface area contributed by atoms with Gasteiger partial charge in [-0.3, -0.25) is 0 Å². The Morgan fingerprint density at radius 1 is 1.26 bits per heavy atom. The molecule has 1 N–H and O–H groups in total. The van der Waals surface area contributed by atoms with Crippen LogP contribution >= 0.6 is 11.3 Å². The number of oxazole rings is 1. The van der Waals surface area contributed by atoms with E-state index in [0.717, 1.165) is 48.3 Å². The van der Waals surface area contributed by atoms with E-state index in [1.54, 1.807) is 11.3 Å². The molecule has 0 radical (unpaired) electrons. The van der Waals surface area contributed by atoms with Gasteiger partial charge in [0.05, 0.1) is 22.8 Å². The molecule has 1 aliphatic heterocycles. The predicted octanol–water partition coefficient (Wildman–Crippen LogP) is 4.53. The fraction of sp³-hybridized carbons (Fsp3) is 0.278. The van der Waals surface area contributed by atoms with E-state index in [4.69, 9.17) is 9.40 Å². The summed E-state index contributed by atoms with van der Waals surface area (Å²) in [7, 11) is 0. The van der Waals surface area contributed by atoms with Crippen molar-refractivity contribution < 1.29 is 4.42 Å². The van der Waals surface area contributed by atoms with Crippen LogP contribution in [0.1, 0.15) is 17.9 Å². The number of hydrogen-bond donors (Lipinski definition) is 1. The first-order valence-electron chi connectivity index (χ1n) is 7.89. The Balaban J connectivity index is 1.63. The van der Waals surface area contributed by atoms with Crippen LogP contribution in [0.25, 0.3) is 10.8 Å². The summed E-state index contributed by atoms with van der Waals surface area (Å²) in [6.45, 7) is 4.80. The van der Waals surface area contributed by atoms with E-state index in [0.29, 0.717) is 0 Å². The Kier molecular flexibility index (Phi) is 3.79. The number of hydrogen-bond acceptors (Lipinski definition) is 5. The molecule has 0 aliphatic carbocycles. The molecular weight excluding hydrogens is 306 g/mol. The smallest absolute Gasteiger partial charge is 0.236 e. The monoisotopic (exact) mass is 325 g/mol. The third-order valence-electron chi connectivity index (χ3n) is 4.13. The summed E-state index contributed by atoms with van der Waals surface area (Å²) >= 11 is 1.66. The van der Waals surface area contributed by atoms with E-state index in [-0.39, 0.29) is 0 Å². The molecule has 3 aromatic rings. The number of rotatable bonds is 3. The molecule has 118 valence electrons. The molecular formula is C18H19N3OS. The maximum Gasteiger partial charge on any atom is 0.236 e. The molecule has 3 heterocycles. The van der Waals surface area contributed by atoms with E-state index >= 15 is 0 Å². The number of aryl methyl sites for hydroxylation is 1. The number of anilines is 2. The van der Waals surface area contributed by atoms with Gasteiger partial charge in [0, 0.05) is 13.1 Å². The summed E-state index contributed by atoms with van der Waals surface area (Å²) in [5.74, 6) is 1.64.